The number of amides is 1. The summed E-state index contributed by atoms with van der Waals surface area (Å²) in [5.74, 6) is 0.120. The highest BCUT2D eigenvalue weighted by atomic mass is 19.4. The topological polar surface area (TPSA) is 95.5 Å². The number of aromatic nitrogens is 2. The number of rotatable bonds is 6. The van der Waals surface area contributed by atoms with Crippen LogP contribution in [-0.2, 0) is 22.2 Å². The molecule has 1 aliphatic heterocycles. The number of nitrogens with zero attached hydrogens (tertiary/aromatic N) is 2. The lowest BCUT2D eigenvalue weighted by atomic mass is 10.0. The van der Waals surface area contributed by atoms with Crippen molar-refractivity contribution in [3.63, 3.8) is 0 Å². The fourth-order valence-corrected chi connectivity index (χ4v) is 4.53. The molecule has 1 amide bonds. The van der Waals surface area contributed by atoms with E-state index >= 15 is 0 Å². The standard InChI is InChI=1S/C27H22F3N3O4/c1-33-23(8-9-25(33)34)19-13-21-16(11-22(32-21)20-7-4-17(14-31-20)27(28,29)30)12-24(19)37-18-5-2-15(3-6-18)10-26(35)36/h2-7,11-14,23,32H,8-10H2,1H3,(H,35,36). The van der Waals surface area contributed by atoms with Gasteiger partial charge in [0.25, 0.3) is 0 Å². The van der Waals surface area contributed by atoms with Gasteiger partial charge in [-0.05, 0) is 54.4 Å². The molecule has 0 radical (unpaired) electrons. The number of nitrogens with one attached hydrogen (secondary N) is 1. The number of carboxylic acid groups (broad SMARTS) is 1. The number of carbonyl (C=O) groups excluding carboxylic acids is 1. The van der Waals surface area contributed by atoms with Crippen LogP contribution in [0, 0.1) is 0 Å². The molecule has 37 heavy (non-hydrogen) atoms. The third-order valence-electron chi connectivity index (χ3n) is 6.48. The number of carbonyl (C=O) groups is 2. The quantitative estimate of drug-likeness (QED) is 0.334. The molecule has 0 aliphatic carbocycles. The van der Waals surface area contributed by atoms with Crippen LogP contribution < -0.4 is 4.74 Å². The summed E-state index contributed by atoms with van der Waals surface area (Å²) in [5, 5.41) is 9.74. The van der Waals surface area contributed by atoms with Gasteiger partial charge in [0.1, 0.15) is 11.5 Å². The van der Waals surface area contributed by atoms with Crippen LogP contribution in [0.3, 0.4) is 0 Å². The Hall–Kier alpha value is -4.34. The number of halogens is 3. The first-order valence-electron chi connectivity index (χ1n) is 11.5. The zero-order valence-electron chi connectivity index (χ0n) is 19.7. The van der Waals surface area contributed by atoms with E-state index in [1.807, 2.05) is 12.1 Å². The van der Waals surface area contributed by atoms with Gasteiger partial charge in [-0.1, -0.05) is 12.1 Å². The van der Waals surface area contributed by atoms with Gasteiger partial charge in [0.2, 0.25) is 5.91 Å². The van der Waals surface area contributed by atoms with Crippen molar-refractivity contribution in [2.45, 2.75) is 31.5 Å². The number of hydrogen-bond donors (Lipinski definition) is 2. The van der Waals surface area contributed by atoms with E-state index in [1.165, 1.54) is 6.07 Å². The number of fused-ring (bicyclic) bond motifs is 1. The van der Waals surface area contributed by atoms with Gasteiger partial charge in [0.05, 0.1) is 29.4 Å². The fourth-order valence-electron chi connectivity index (χ4n) is 4.53. The first kappa shape index (κ1) is 24.4. The highest BCUT2D eigenvalue weighted by Crippen LogP contribution is 2.41. The molecule has 1 unspecified atom stereocenters. The molecule has 4 aromatic rings. The fraction of sp³-hybridized carbons (Fsp3) is 0.222. The van der Waals surface area contributed by atoms with Gasteiger partial charge in [-0.15, -0.1) is 0 Å². The van der Waals surface area contributed by atoms with Gasteiger partial charge in [0.15, 0.2) is 0 Å². The minimum absolute atomic E-state index is 0.0233. The Kier molecular flexibility index (Phi) is 6.10. The molecule has 2 aromatic heterocycles. The Bertz CT molecular complexity index is 1480. The summed E-state index contributed by atoms with van der Waals surface area (Å²) in [5.41, 5.74) is 2.22. The molecule has 1 saturated heterocycles. The second-order valence-electron chi connectivity index (χ2n) is 8.97. The molecular formula is C27H22F3N3O4. The van der Waals surface area contributed by atoms with Crippen molar-refractivity contribution < 1.29 is 32.6 Å². The van der Waals surface area contributed by atoms with Crippen molar-refractivity contribution in [1.82, 2.24) is 14.9 Å². The maximum atomic E-state index is 12.9. The third kappa shape index (κ3) is 5.00. The number of ether oxygens (including phenoxy) is 1. The van der Waals surface area contributed by atoms with Crippen molar-refractivity contribution in [2.75, 3.05) is 7.05 Å². The number of aromatic amines is 1. The summed E-state index contributed by atoms with van der Waals surface area (Å²) < 4.78 is 45.0. The third-order valence-corrected chi connectivity index (χ3v) is 6.48. The monoisotopic (exact) mass is 509 g/mol. The Labute approximate surface area is 209 Å². The summed E-state index contributed by atoms with van der Waals surface area (Å²) in [6.07, 6.45) is -2.75. The molecule has 0 saturated carbocycles. The van der Waals surface area contributed by atoms with Crippen LogP contribution in [0.1, 0.15) is 35.6 Å². The highest BCUT2D eigenvalue weighted by molar-refractivity contribution is 5.88. The van der Waals surface area contributed by atoms with Crippen molar-refractivity contribution in [3.05, 3.63) is 77.5 Å². The van der Waals surface area contributed by atoms with Gasteiger partial charge < -0.3 is 19.7 Å². The summed E-state index contributed by atoms with van der Waals surface area (Å²) in [4.78, 5) is 32.1. The van der Waals surface area contributed by atoms with Gasteiger partial charge in [-0.2, -0.15) is 13.2 Å². The first-order valence-corrected chi connectivity index (χ1v) is 11.5. The predicted molar refractivity (Wildman–Crippen MR) is 129 cm³/mol. The zero-order valence-corrected chi connectivity index (χ0v) is 19.7. The van der Waals surface area contributed by atoms with Crippen LogP contribution in [0.5, 0.6) is 11.5 Å². The van der Waals surface area contributed by atoms with Crippen LogP contribution in [-0.4, -0.2) is 38.9 Å². The van der Waals surface area contributed by atoms with Crippen LogP contribution >= 0.6 is 0 Å². The molecule has 10 heteroatoms. The normalized spacial score (nSPS) is 15.9. The summed E-state index contributed by atoms with van der Waals surface area (Å²) in [6.45, 7) is 0. The minimum atomic E-state index is -4.47. The van der Waals surface area contributed by atoms with Crippen molar-refractivity contribution >= 4 is 22.8 Å². The van der Waals surface area contributed by atoms with Crippen molar-refractivity contribution in [2.24, 2.45) is 0 Å². The molecule has 1 atom stereocenters. The number of benzene rings is 2. The Morgan fingerprint density at radius 1 is 1.16 bits per heavy atom. The van der Waals surface area contributed by atoms with E-state index in [4.69, 9.17) is 9.84 Å². The number of hydrogen-bond acceptors (Lipinski definition) is 4. The van der Waals surface area contributed by atoms with E-state index in [2.05, 4.69) is 9.97 Å². The average molecular weight is 509 g/mol. The molecule has 0 bridgehead atoms. The van der Waals surface area contributed by atoms with Gasteiger partial charge >= 0.3 is 12.1 Å². The smallest absolute Gasteiger partial charge is 0.417 e. The molecule has 2 N–H and O–H groups in total. The highest BCUT2D eigenvalue weighted by Gasteiger charge is 2.32. The molecule has 3 heterocycles. The number of carboxylic acids is 1. The van der Waals surface area contributed by atoms with Crippen molar-refractivity contribution in [1.29, 1.82) is 0 Å². The molecule has 0 spiro atoms. The van der Waals surface area contributed by atoms with Crippen LogP contribution in [0.2, 0.25) is 0 Å². The van der Waals surface area contributed by atoms with Gasteiger partial charge in [-0.25, -0.2) is 0 Å². The van der Waals surface area contributed by atoms with E-state index < -0.39 is 17.7 Å². The Morgan fingerprint density at radius 2 is 1.92 bits per heavy atom. The van der Waals surface area contributed by atoms with E-state index in [9.17, 15) is 22.8 Å². The molecule has 1 fully saturated rings. The lowest BCUT2D eigenvalue weighted by Crippen LogP contribution is -2.22. The summed E-state index contributed by atoms with van der Waals surface area (Å²) >= 11 is 0. The van der Waals surface area contributed by atoms with Gasteiger partial charge in [-0.3, -0.25) is 14.6 Å². The molecule has 190 valence electrons. The number of pyridine rings is 1. The maximum absolute atomic E-state index is 12.9. The Balaban J connectivity index is 1.53. The lowest BCUT2D eigenvalue weighted by Gasteiger charge is -2.23. The number of alkyl halides is 3. The Morgan fingerprint density at radius 3 is 2.51 bits per heavy atom. The predicted octanol–water partition coefficient (Wildman–Crippen LogP) is 5.96. The molecular weight excluding hydrogens is 487 g/mol. The largest absolute Gasteiger partial charge is 0.481 e. The van der Waals surface area contributed by atoms with Crippen LogP contribution in [0.25, 0.3) is 22.3 Å². The molecule has 5 rings (SSSR count). The molecule has 2 aromatic carbocycles. The van der Waals surface area contributed by atoms with Crippen LogP contribution in [0.15, 0.2) is 60.8 Å². The molecule has 7 nitrogen and oxygen atoms in total. The van der Waals surface area contributed by atoms with Crippen LogP contribution in [0.4, 0.5) is 13.2 Å². The number of aliphatic carboxylic acids is 1. The average Bonchev–Trinajstić information content (AvgIpc) is 3.41. The van der Waals surface area contributed by atoms with Gasteiger partial charge in [0, 0.05) is 36.1 Å². The zero-order chi connectivity index (χ0) is 26.3. The van der Waals surface area contributed by atoms with E-state index in [0.29, 0.717) is 41.3 Å². The second kappa shape index (κ2) is 9.27. The lowest BCUT2D eigenvalue weighted by molar-refractivity contribution is -0.138. The minimum Gasteiger partial charge on any atom is -0.481 e. The number of likely N-dealkylation sites (tertiary alicyclic amines) is 1. The number of H-pyrrole nitrogens is 1. The molecule has 1 aliphatic rings. The summed E-state index contributed by atoms with van der Waals surface area (Å²) in [6, 6.07) is 14.3. The van der Waals surface area contributed by atoms with Crippen molar-refractivity contribution in [3.8, 4) is 22.9 Å². The first-order chi connectivity index (χ1) is 17.6. The maximum Gasteiger partial charge on any atom is 0.417 e. The van der Waals surface area contributed by atoms with E-state index in [0.717, 1.165) is 28.7 Å². The summed E-state index contributed by atoms with van der Waals surface area (Å²) in [7, 11) is 1.74. The SMILES string of the molecule is CN1C(=O)CCC1c1cc2[nH]c(-c3ccc(C(F)(F)F)cn3)cc2cc1Oc1ccc(CC(=O)O)cc1. The second-order valence-corrected chi connectivity index (χ2v) is 8.97. The van der Waals surface area contributed by atoms with E-state index in [-0.39, 0.29) is 18.4 Å². The van der Waals surface area contributed by atoms with E-state index in [1.54, 1.807) is 42.3 Å².